The Morgan fingerprint density at radius 3 is 2.50 bits per heavy atom. The number of hydrogen-bond donors (Lipinski definition) is 1. The minimum Gasteiger partial charge on any atom is -0.315 e. The third-order valence-electron chi connectivity index (χ3n) is 1.65. The highest BCUT2D eigenvalue weighted by Gasteiger charge is 2.28. The molecule has 2 N–H and O–H groups in total. The number of hydrogen-bond acceptors (Lipinski definition) is 3. The molecule has 0 aromatic heterocycles. The predicted molar refractivity (Wildman–Crippen MR) is 36.4 cm³/mol. The van der Waals surface area contributed by atoms with E-state index in [0.29, 0.717) is 18.4 Å². The second-order valence-electron chi connectivity index (χ2n) is 2.41. The molecule has 1 fully saturated rings. The minimum atomic E-state index is -0.929. The number of nitrogens with two attached hydrogens (primary N) is 1. The molecule has 1 saturated carbocycles. The van der Waals surface area contributed by atoms with Crippen molar-refractivity contribution in [3.05, 3.63) is 12.2 Å². The Hall–Kier alpha value is -0.960. The van der Waals surface area contributed by atoms with Gasteiger partial charge in [0.05, 0.1) is 0 Å². The van der Waals surface area contributed by atoms with Crippen molar-refractivity contribution in [2.45, 2.75) is 18.9 Å². The summed E-state index contributed by atoms with van der Waals surface area (Å²) in [4.78, 5) is 21.7. The van der Waals surface area contributed by atoms with Gasteiger partial charge in [0.1, 0.15) is 6.04 Å². The summed E-state index contributed by atoms with van der Waals surface area (Å²) in [5, 5.41) is 0. The third kappa shape index (κ3) is 0.998. The lowest BCUT2D eigenvalue weighted by Crippen LogP contribution is -2.42. The van der Waals surface area contributed by atoms with E-state index in [2.05, 4.69) is 6.58 Å². The maximum Gasteiger partial charge on any atom is 0.182 e. The minimum absolute atomic E-state index is 0.169. The first kappa shape index (κ1) is 7.15. The third-order valence-corrected chi connectivity index (χ3v) is 1.65. The van der Waals surface area contributed by atoms with Gasteiger partial charge in [-0.05, 0) is 12.0 Å². The van der Waals surface area contributed by atoms with E-state index in [1.807, 2.05) is 0 Å². The Morgan fingerprint density at radius 1 is 1.40 bits per heavy atom. The summed E-state index contributed by atoms with van der Waals surface area (Å²) in [6.45, 7) is 3.50. The van der Waals surface area contributed by atoms with Gasteiger partial charge < -0.3 is 5.73 Å². The molecule has 0 aliphatic heterocycles. The van der Waals surface area contributed by atoms with Gasteiger partial charge in [-0.15, -0.1) is 0 Å². The van der Waals surface area contributed by atoms with Gasteiger partial charge in [-0.2, -0.15) is 0 Å². The van der Waals surface area contributed by atoms with Crippen LogP contribution >= 0.6 is 0 Å². The first-order valence-electron chi connectivity index (χ1n) is 3.13. The molecule has 1 aliphatic rings. The molecule has 0 bridgehead atoms. The lowest BCUT2D eigenvalue weighted by molar-refractivity contribution is -0.128. The quantitative estimate of drug-likeness (QED) is 0.373. The molecule has 0 saturated heterocycles. The fourth-order valence-electron chi connectivity index (χ4n) is 0.919. The van der Waals surface area contributed by atoms with Crippen molar-refractivity contribution in [3.63, 3.8) is 0 Å². The molecule has 10 heavy (non-hydrogen) atoms. The van der Waals surface area contributed by atoms with Crippen LogP contribution in [0.3, 0.4) is 0 Å². The van der Waals surface area contributed by atoms with E-state index in [4.69, 9.17) is 5.73 Å². The van der Waals surface area contributed by atoms with Gasteiger partial charge in [-0.3, -0.25) is 9.59 Å². The van der Waals surface area contributed by atoms with Gasteiger partial charge in [0.25, 0.3) is 0 Å². The van der Waals surface area contributed by atoms with E-state index >= 15 is 0 Å². The topological polar surface area (TPSA) is 60.2 Å². The van der Waals surface area contributed by atoms with Crippen LogP contribution < -0.4 is 5.73 Å². The van der Waals surface area contributed by atoms with E-state index in [-0.39, 0.29) is 11.6 Å². The van der Waals surface area contributed by atoms with Crippen LogP contribution in [-0.4, -0.2) is 17.6 Å². The second-order valence-corrected chi connectivity index (χ2v) is 2.41. The van der Waals surface area contributed by atoms with Gasteiger partial charge >= 0.3 is 0 Å². The van der Waals surface area contributed by atoms with Crippen LogP contribution in [0.2, 0.25) is 0 Å². The number of carbonyl (C=O) groups is 2. The second kappa shape index (κ2) is 2.34. The summed E-state index contributed by atoms with van der Waals surface area (Å²) in [5.41, 5.74) is 5.73. The Morgan fingerprint density at radius 2 is 2.00 bits per heavy atom. The molecule has 0 aromatic rings. The summed E-state index contributed by atoms with van der Waals surface area (Å²) >= 11 is 0. The molecule has 0 radical (unpaired) electrons. The first-order chi connectivity index (χ1) is 4.63. The van der Waals surface area contributed by atoms with Crippen LogP contribution in [0.15, 0.2) is 12.2 Å². The number of Topliss-reactive ketones (excluding diaryl/α,β-unsaturated/α-hetero) is 2. The van der Waals surface area contributed by atoms with Crippen molar-refractivity contribution in [3.8, 4) is 0 Å². The number of rotatable bonds is 0. The van der Waals surface area contributed by atoms with Crippen molar-refractivity contribution < 1.29 is 9.59 Å². The monoisotopic (exact) mass is 139 g/mol. The molecule has 1 unspecified atom stereocenters. The highest BCUT2D eigenvalue weighted by molar-refractivity contribution is 6.15. The molecule has 1 rings (SSSR count). The first-order valence-corrected chi connectivity index (χ1v) is 3.13. The van der Waals surface area contributed by atoms with Crippen LogP contribution in [0.4, 0.5) is 0 Å². The average Bonchev–Trinajstić information content (AvgIpc) is 1.93. The molecule has 0 spiro atoms. The standard InChI is InChI=1S/C7H9NO2/c1-4-2-3-5(9)6(8)7(4)10/h6H,1-3,8H2. The van der Waals surface area contributed by atoms with Crippen LogP contribution in [-0.2, 0) is 9.59 Å². The van der Waals surface area contributed by atoms with Crippen LogP contribution in [0.25, 0.3) is 0 Å². The van der Waals surface area contributed by atoms with Crippen molar-refractivity contribution in [1.29, 1.82) is 0 Å². The highest BCUT2D eigenvalue weighted by atomic mass is 16.2. The Bertz CT molecular complexity index is 208. The van der Waals surface area contributed by atoms with Gasteiger partial charge in [-0.25, -0.2) is 0 Å². The van der Waals surface area contributed by atoms with E-state index in [1.54, 1.807) is 0 Å². The molecule has 1 aliphatic carbocycles. The highest BCUT2D eigenvalue weighted by Crippen LogP contribution is 2.14. The van der Waals surface area contributed by atoms with Gasteiger partial charge in [0, 0.05) is 6.42 Å². The molecule has 3 heteroatoms. The normalized spacial score (nSPS) is 27.3. The van der Waals surface area contributed by atoms with Crippen LogP contribution in [0.1, 0.15) is 12.8 Å². The number of ketones is 2. The molecule has 1 atom stereocenters. The molecular formula is C7H9NO2. The smallest absolute Gasteiger partial charge is 0.182 e. The SMILES string of the molecule is C=C1CCC(=O)C(N)C1=O. The van der Waals surface area contributed by atoms with Crippen molar-refractivity contribution in [1.82, 2.24) is 0 Å². The van der Waals surface area contributed by atoms with E-state index in [9.17, 15) is 9.59 Å². The molecule has 3 nitrogen and oxygen atoms in total. The lowest BCUT2D eigenvalue weighted by atomic mass is 9.90. The maximum absolute atomic E-state index is 10.9. The maximum atomic E-state index is 10.9. The summed E-state index contributed by atoms with van der Waals surface area (Å²) < 4.78 is 0. The summed E-state index contributed by atoms with van der Waals surface area (Å²) in [7, 11) is 0. The van der Waals surface area contributed by atoms with Gasteiger partial charge in [-0.1, -0.05) is 6.58 Å². The van der Waals surface area contributed by atoms with Crippen molar-refractivity contribution in [2.75, 3.05) is 0 Å². The fraction of sp³-hybridized carbons (Fsp3) is 0.429. The summed E-state index contributed by atoms with van der Waals surface area (Å²) in [6, 6.07) is -0.929. The largest absolute Gasteiger partial charge is 0.315 e. The molecule has 0 aromatic carbocycles. The zero-order valence-corrected chi connectivity index (χ0v) is 5.59. The van der Waals surface area contributed by atoms with Gasteiger partial charge in [0.2, 0.25) is 0 Å². The molecule has 54 valence electrons. The Kier molecular flexibility index (Phi) is 1.68. The van der Waals surface area contributed by atoms with Crippen LogP contribution in [0, 0.1) is 0 Å². The van der Waals surface area contributed by atoms with E-state index in [1.165, 1.54) is 0 Å². The molecule has 0 heterocycles. The van der Waals surface area contributed by atoms with Crippen LogP contribution in [0.5, 0.6) is 0 Å². The average molecular weight is 139 g/mol. The Labute approximate surface area is 58.9 Å². The molecular weight excluding hydrogens is 130 g/mol. The summed E-state index contributed by atoms with van der Waals surface area (Å²) in [6.07, 6.45) is 0.844. The van der Waals surface area contributed by atoms with Crippen molar-refractivity contribution in [2.24, 2.45) is 5.73 Å². The number of carbonyl (C=O) groups excluding carboxylic acids is 2. The zero-order chi connectivity index (χ0) is 7.72. The summed E-state index contributed by atoms with van der Waals surface area (Å²) in [5.74, 6) is -0.464. The predicted octanol–water partition coefficient (Wildman–Crippen LogP) is -0.198. The lowest BCUT2D eigenvalue weighted by Gasteiger charge is -2.16. The van der Waals surface area contributed by atoms with Crippen molar-refractivity contribution >= 4 is 11.6 Å². The fourth-order valence-corrected chi connectivity index (χ4v) is 0.919. The van der Waals surface area contributed by atoms with E-state index in [0.717, 1.165) is 0 Å². The Balaban J connectivity index is 2.79. The zero-order valence-electron chi connectivity index (χ0n) is 5.59. The molecule has 0 amide bonds. The van der Waals surface area contributed by atoms with Gasteiger partial charge in [0.15, 0.2) is 11.6 Å². The van der Waals surface area contributed by atoms with E-state index < -0.39 is 6.04 Å².